The second-order valence-electron chi connectivity index (χ2n) is 3.51. The molecule has 1 aliphatic rings. The van der Waals surface area contributed by atoms with Gasteiger partial charge in [0.25, 0.3) is 5.91 Å². The first-order chi connectivity index (χ1) is 7.24. The van der Waals surface area contributed by atoms with E-state index in [9.17, 15) is 4.79 Å². The molecule has 0 aromatic carbocycles. The summed E-state index contributed by atoms with van der Waals surface area (Å²) >= 11 is 3.22. The number of hydrogen-bond donors (Lipinski definition) is 1. The maximum atomic E-state index is 12.1. The molecule has 1 fully saturated rings. The third-order valence-electron chi connectivity index (χ3n) is 2.65. The van der Waals surface area contributed by atoms with Crippen molar-refractivity contribution in [3.63, 3.8) is 0 Å². The highest BCUT2D eigenvalue weighted by atomic mass is 79.9. The Morgan fingerprint density at radius 1 is 1.73 bits per heavy atom. The summed E-state index contributed by atoms with van der Waals surface area (Å²) < 4.78 is 5.58. The molecular formula is C10H13BrN2O2. The predicted molar refractivity (Wildman–Crippen MR) is 59.8 cm³/mol. The molecule has 82 valence electrons. The van der Waals surface area contributed by atoms with E-state index in [1.807, 2.05) is 11.8 Å². The molecule has 4 nitrogen and oxygen atoms in total. The Labute approximate surface area is 96.7 Å². The van der Waals surface area contributed by atoms with Crippen LogP contribution in [0.4, 0.5) is 0 Å². The van der Waals surface area contributed by atoms with E-state index in [0.29, 0.717) is 16.3 Å². The van der Waals surface area contributed by atoms with E-state index < -0.39 is 0 Å². The molecule has 1 N–H and O–H groups in total. The molecule has 0 saturated carbocycles. The number of nitrogens with one attached hydrogen (secondary N) is 1. The van der Waals surface area contributed by atoms with Gasteiger partial charge in [0.1, 0.15) is 0 Å². The smallest absolute Gasteiger partial charge is 0.258 e. The lowest BCUT2D eigenvalue weighted by Crippen LogP contribution is -2.58. The summed E-state index contributed by atoms with van der Waals surface area (Å²) in [6.45, 7) is 4.48. The third-order valence-corrected chi connectivity index (χ3v) is 3.26. The predicted octanol–water partition coefficient (Wildman–Crippen LogP) is 1.48. The van der Waals surface area contributed by atoms with Crippen molar-refractivity contribution in [3.8, 4) is 0 Å². The van der Waals surface area contributed by atoms with Crippen LogP contribution >= 0.6 is 15.9 Å². The molecule has 0 bridgehead atoms. The third kappa shape index (κ3) is 1.94. The fourth-order valence-electron chi connectivity index (χ4n) is 1.66. The van der Waals surface area contributed by atoms with Crippen molar-refractivity contribution in [2.24, 2.45) is 0 Å². The maximum absolute atomic E-state index is 12.1. The summed E-state index contributed by atoms with van der Waals surface area (Å²) in [6.07, 6.45) is 1.52. The largest absolute Gasteiger partial charge is 0.457 e. The zero-order chi connectivity index (χ0) is 10.8. The average Bonchev–Trinajstić information content (AvgIpc) is 2.56. The van der Waals surface area contributed by atoms with E-state index in [1.54, 1.807) is 6.07 Å². The van der Waals surface area contributed by atoms with Crippen LogP contribution in [0.5, 0.6) is 0 Å². The Morgan fingerprint density at radius 2 is 2.47 bits per heavy atom. The van der Waals surface area contributed by atoms with Gasteiger partial charge in [-0.05, 0) is 28.9 Å². The molecule has 1 amide bonds. The lowest BCUT2D eigenvalue weighted by molar-refractivity contribution is 0.0628. The minimum Gasteiger partial charge on any atom is -0.457 e. The summed E-state index contributed by atoms with van der Waals surface area (Å²) in [7, 11) is 0. The molecule has 0 unspecified atom stereocenters. The van der Waals surface area contributed by atoms with Crippen molar-refractivity contribution in [1.82, 2.24) is 10.2 Å². The van der Waals surface area contributed by atoms with Crippen LogP contribution in [-0.4, -0.2) is 36.5 Å². The van der Waals surface area contributed by atoms with Crippen LogP contribution in [0.25, 0.3) is 0 Å². The van der Waals surface area contributed by atoms with Gasteiger partial charge in [-0.1, -0.05) is 0 Å². The summed E-state index contributed by atoms with van der Waals surface area (Å²) in [4.78, 5) is 14.0. The molecule has 0 spiro atoms. The van der Waals surface area contributed by atoms with Crippen LogP contribution in [0.2, 0.25) is 0 Å². The number of carbonyl (C=O) groups excluding carboxylic acids is 1. The van der Waals surface area contributed by atoms with Crippen molar-refractivity contribution in [1.29, 1.82) is 0 Å². The van der Waals surface area contributed by atoms with Crippen LogP contribution in [0, 0.1) is 0 Å². The molecule has 0 radical (unpaired) electrons. The summed E-state index contributed by atoms with van der Waals surface area (Å²) in [6, 6.07) is 2.02. The van der Waals surface area contributed by atoms with Crippen LogP contribution in [0.1, 0.15) is 17.3 Å². The fraction of sp³-hybridized carbons (Fsp3) is 0.500. The summed E-state index contributed by atoms with van der Waals surface area (Å²) in [5, 5.41) is 3.16. The van der Waals surface area contributed by atoms with Gasteiger partial charge in [0.15, 0.2) is 4.67 Å². The molecule has 1 aromatic rings. The van der Waals surface area contributed by atoms with Gasteiger partial charge in [-0.3, -0.25) is 4.79 Å². The number of halogens is 1. The zero-order valence-corrected chi connectivity index (χ0v) is 10.1. The first-order valence-electron chi connectivity index (χ1n) is 4.98. The minimum absolute atomic E-state index is 0.0321. The SMILES string of the molecule is CCN(C(=O)c1ccoc1Br)C1CNC1. The van der Waals surface area contributed by atoms with Crippen molar-refractivity contribution in [2.45, 2.75) is 13.0 Å². The quantitative estimate of drug-likeness (QED) is 0.907. The minimum atomic E-state index is 0.0321. The second-order valence-corrected chi connectivity index (χ2v) is 4.23. The average molecular weight is 273 g/mol. The lowest BCUT2D eigenvalue weighted by atomic mass is 10.1. The number of furan rings is 1. The molecular weight excluding hydrogens is 260 g/mol. The van der Waals surface area contributed by atoms with Crippen LogP contribution < -0.4 is 5.32 Å². The van der Waals surface area contributed by atoms with Gasteiger partial charge in [0.05, 0.1) is 17.9 Å². The molecule has 1 aromatic heterocycles. The van der Waals surface area contributed by atoms with Crippen molar-refractivity contribution < 1.29 is 9.21 Å². The summed E-state index contributed by atoms with van der Waals surface area (Å²) in [5.74, 6) is 0.0321. The number of likely N-dealkylation sites (N-methyl/N-ethyl adjacent to an activating group) is 1. The van der Waals surface area contributed by atoms with E-state index >= 15 is 0 Å². The molecule has 2 heterocycles. The first kappa shape index (κ1) is 10.7. The van der Waals surface area contributed by atoms with Crippen LogP contribution in [-0.2, 0) is 0 Å². The van der Waals surface area contributed by atoms with E-state index in [0.717, 1.165) is 19.6 Å². The Morgan fingerprint density at radius 3 is 2.87 bits per heavy atom. The van der Waals surface area contributed by atoms with Gasteiger partial charge in [-0.15, -0.1) is 0 Å². The topological polar surface area (TPSA) is 45.5 Å². The zero-order valence-electron chi connectivity index (χ0n) is 8.50. The molecule has 0 atom stereocenters. The van der Waals surface area contributed by atoms with E-state index in [4.69, 9.17) is 4.42 Å². The number of carbonyl (C=O) groups is 1. The van der Waals surface area contributed by atoms with Gasteiger partial charge in [0.2, 0.25) is 0 Å². The molecule has 5 heteroatoms. The van der Waals surface area contributed by atoms with E-state index in [-0.39, 0.29) is 5.91 Å². The van der Waals surface area contributed by atoms with Crippen molar-refractivity contribution in [3.05, 3.63) is 22.6 Å². The van der Waals surface area contributed by atoms with Crippen molar-refractivity contribution >= 4 is 21.8 Å². The van der Waals surface area contributed by atoms with Crippen LogP contribution in [0.3, 0.4) is 0 Å². The van der Waals surface area contributed by atoms with Crippen molar-refractivity contribution in [2.75, 3.05) is 19.6 Å². The monoisotopic (exact) mass is 272 g/mol. The maximum Gasteiger partial charge on any atom is 0.258 e. The molecule has 15 heavy (non-hydrogen) atoms. The second kappa shape index (κ2) is 4.37. The van der Waals surface area contributed by atoms with E-state index in [2.05, 4.69) is 21.2 Å². The Hall–Kier alpha value is -0.810. The van der Waals surface area contributed by atoms with Gasteiger partial charge in [-0.25, -0.2) is 0 Å². The number of rotatable bonds is 3. The Balaban J connectivity index is 2.14. The lowest BCUT2D eigenvalue weighted by Gasteiger charge is -2.37. The molecule has 0 aliphatic carbocycles. The standard InChI is InChI=1S/C10H13BrN2O2/c1-2-13(7-5-12-6-7)10(14)8-3-4-15-9(8)11/h3-4,7,12H,2,5-6H2,1H3. The van der Waals surface area contributed by atoms with E-state index in [1.165, 1.54) is 6.26 Å². The first-order valence-corrected chi connectivity index (χ1v) is 5.78. The molecule has 1 saturated heterocycles. The summed E-state index contributed by atoms with van der Waals surface area (Å²) in [5.41, 5.74) is 0.601. The van der Waals surface area contributed by atoms with Crippen LogP contribution in [0.15, 0.2) is 21.4 Å². The number of amides is 1. The Kier molecular flexibility index (Phi) is 3.11. The fourth-order valence-corrected chi connectivity index (χ4v) is 2.07. The molecule has 1 aliphatic heterocycles. The normalized spacial score (nSPS) is 16.1. The highest BCUT2D eigenvalue weighted by molar-refractivity contribution is 9.10. The highest BCUT2D eigenvalue weighted by Crippen LogP contribution is 2.20. The number of nitrogens with zero attached hydrogens (tertiary/aromatic N) is 1. The van der Waals surface area contributed by atoms with Gasteiger partial charge in [0, 0.05) is 19.6 Å². The Bertz CT molecular complexity index is 360. The highest BCUT2D eigenvalue weighted by Gasteiger charge is 2.29. The number of hydrogen-bond acceptors (Lipinski definition) is 3. The van der Waals surface area contributed by atoms with Gasteiger partial charge in [-0.2, -0.15) is 0 Å². The van der Waals surface area contributed by atoms with Gasteiger partial charge < -0.3 is 14.6 Å². The van der Waals surface area contributed by atoms with Gasteiger partial charge >= 0.3 is 0 Å². The molecule has 2 rings (SSSR count).